The van der Waals surface area contributed by atoms with Crippen LogP contribution in [0.25, 0.3) is 0 Å². The highest BCUT2D eigenvalue weighted by Gasteiger charge is 2.29. The first-order valence-corrected chi connectivity index (χ1v) is 5.59. The van der Waals surface area contributed by atoms with Crippen molar-refractivity contribution >= 4 is 11.9 Å². The van der Waals surface area contributed by atoms with E-state index in [1.807, 2.05) is 0 Å². The third-order valence-corrected chi connectivity index (χ3v) is 3.10. The number of hydrogen-bond donors (Lipinski definition) is 1. The van der Waals surface area contributed by atoms with Gasteiger partial charge in [0.25, 0.3) is 5.91 Å². The van der Waals surface area contributed by atoms with Crippen molar-refractivity contribution in [1.29, 1.82) is 0 Å². The first-order chi connectivity index (χ1) is 8.09. The fraction of sp³-hybridized carbons (Fsp3) is 0.545. The maximum Gasteiger partial charge on any atom is 0.308 e. The molecule has 6 nitrogen and oxygen atoms in total. The molecule has 1 amide bonds. The Morgan fingerprint density at radius 3 is 2.88 bits per heavy atom. The number of aryl methyl sites for hydroxylation is 1. The SMILES string of the molecule is Cn1nccc1C(=O)N1CCC[C@H](C(=O)O)C1. The summed E-state index contributed by atoms with van der Waals surface area (Å²) in [5.74, 6) is -1.41. The van der Waals surface area contributed by atoms with Crippen LogP contribution in [0.1, 0.15) is 23.3 Å². The van der Waals surface area contributed by atoms with Crippen molar-refractivity contribution in [2.75, 3.05) is 13.1 Å². The van der Waals surface area contributed by atoms with Crippen LogP contribution in [0.4, 0.5) is 0 Å². The van der Waals surface area contributed by atoms with Gasteiger partial charge in [0.05, 0.1) is 5.92 Å². The van der Waals surface area contributed by atoms with Crippen molar-refractivity contribution < 1.29 is 14.7 Å². The Balaban J connectivity index is 2.10. The third-order valence-electron chi connectivity index (χ3n) is 3.10. The lowest BCUT2D eigenvalue weighted by Crippen LogP contribution is -2.42. The molecule has 1 fully saturated rings. The Morgan fingerprint density at radius 1 is 1.53 bits per heavy atom. The zero-order valence-electron chi connectivity index (χ0n) is 9.67. The van der Waals surface area contributed by atoms with Crippen LogP contribution >= 0.6 is 0 Å². The van der Waals surface area contributed by atoms with Crippen molar-refractivity contribution in [2.45, 2.75) is 12.8 Å². The topological polar surface area (TPSA) is 75.4 Å². The van der Waals surface area contributed by atoms with Gasteiger partial charge in [-0.3, -0.25) is 14.3 Å². The number of carbonyl (C=O) groups is 2. The van der Waals surface area contributed by atoms with Crippen LogP contribution in [0.5, 0.6) is 0 Å². The summed E-state index contributed by atoms with van der Waals surface area (Å²) >= 11 is 0. The van der Waals surface area contributed by atoms with Gasteiger partial charge in [0.15, 0.2) is 0 Å². The van der Waals surface area contributed by atoms with Crippen LogP contribution in [-0.2, 0) is 11.8 Å². The number of carbonyl (C=O) groups excluding carboxylic acids is 1. The monoisotopic (exact) mass is 237 g/mol. The lowest BCUT2D eigenvalue weighted by Gasteiger charge is -2.30. The van der Waals surface area contributed by atoms with Crippen LogP contribution in [0.2, 0.25) is 0 Å². The molecule has 1 saturated heterocycles. The summed E-state index contributed by atoms with van der Waals surface area (Å²) in [5, 5.41) is 12.9. The molecule has 1 N–H and O–H groups in total. The third kappa shape index (κ3) is 2.30. The van der Waals surface area contributed by atoms with E-state index in [0.29, 0.717) is 25.2 Å². The molecule has 1 atom stereocenters. The molecular formula is C11H15N3O3. The molecule has 2 heterocycles. The standard InChI is InChI=1S/C11H15N3O3/c1-13-9(4-5-12-13)10(15)14-6-2-3-8(7-14)11(16)17/h4-5,8H,2-3,6-7H2,1H3,(H,16,17)/t8-/m0/s1. The number of piperidine rings is 1. The molecule has 17 heavy (non-hydrogen) atoms. The molecule has 6 heteroatoms. The summed E-state index contributed by atoms with van der Waals surface area (Å²) in [6, 6.07) is 1.65. The van der Waals surface area contributed by atoms with E-state index in [1.54, 1.807) is 24.2 Å². The summed E-state index contributed by atoms with van der Waals surface area (Å²) in [5.41, 5.74) is 0.496. The molecule has 92 valence electrons. The van der Waals surface area contributed by atoms with Gasteiger partial charge in [-0.15, -0.1) is 0 Å². The zero-order valence-corrected chi connectivity index (χ0v) is 9.67. The Morgan fingerprint density at radius 2 is 2.29 bits per heavy atom. The number of aliphatic carboxylic acids is 1. The van der Waals surface area contributed by atoms with E-state index in [-0.39, 0.29) is 5.91 Å². The van der Waals surface area contributed by atoms with E-state index in [9.17, 15) is 9.59 Å². The Bertz CT molecular complexity index is 441. The van der Waals surface area contributed by atoms with E-state index < -0.39 is 11.9 Å². The second kappa shape index (κ2) is 4.57. The van der Waals surface area contributed by atoms with Crippen molar-refractivity contribution in [2.24, 2.45) is 13.0 Å². The fourth-order valence-electron chi connectivity index (χ4n) is 2.11. The molecule has 0 aliphatic carbocycles. The second-order valence-electron chi connectivity index (χ2n) is 4.27. The van der Waals surface area contributed by atoms with Crippen LogP contribution in [-0.4, -0.2) is 44.8 Å². The van der Waals surface area contributed by atoms with Gasteiger partial charge in [0.1, 0.15) is 5.69 Å². The molecule has 0 radical (unpaired) electrons. The molecule has 1 aromatic rings. The van der Waals surface area contributed by atoms with Crippen LogP contribution in [0, 0.1) is 5.92 Å². The molecule has 1 aliphatic rings. The van der Waals surface area contributed by atoms with E-state index in [1.165, 1.54) is 4.68 Å². The van der Waals surface area contributed by atoms with E-state index in [4.69, 9.17) is 5.11 Å². The molecule has 0 saturated carbocycles. The number of aromatic nitrogens is 2. The predicted octanol–water partition coefficient (Wildman–Crippen LogP) is 0.357. The highest BCUT2D eigenvalue weighted by molar-refractivity contribution is 5.92. The lowest BCUT2D eigenvalue weighted by molar-refractivity contribution is -0.143. The van der Waals surface area contributed by atoms with Gasteiger partial charge in [-0.1, -0.05) is 0 Å². The number of nitrogens with zero attached hydrogens (tertiary/aromatic N) is 3. The number of amides is 1. The van der Waals surface area contributed by atoms with Crippen LogP contribution in [0.3, 0.4) is 0 Å². The average molecular weight is 237 g/mol. The number of hydrogen-bond acceptors (Lipinski definition) is 3. The summed E-state index contributed by atoms with van der Waals surface area (Å²) in [6.45, 7) is 0.910. The van der Waals surface area contributed by atoms with Gasteiger partial charge in [0, 0.05) is 26.3 Å². The normalized spacial score (nSPS) is 20.3. The Kier molecular flexibility index (Phi) is 3.12. The van der Waals surface area contributed by atoms with Gasteiger partial charge >= 0.3 is 5.97 Å². The number of likely N-dealkylation sites (tertiary alicyclic amines) is 1. The summed E-state index contributed by atoms with van der Waals surface area (Å²) in [7, 11) is 1.70. The zero-order chi connectivity index (χ0) is 12.4. The minimum absolute atomic E-state index is 0.143. The van der Waals surface area contributed by atoms with Gasteiger partial charge in [0.2, 0.25) is 0 Å². The predicted molar refractivity (Wildman–Crippen MR) is 59.5 cm³/mol. The number of carboxylic acid groups (broad SMARTS) is 1. The van der Waals surface area contributed by atoms with Crippen molar-refractivity contribution in [1.82, 2.24) is 14.7 Å². The highest BCUT2D eigenvalue weighted by atomic mass is 16.4. The van der Waals surface area contributed by atoms with Crippen molar-refractivity contribution in [3.63, 3.8) is 0 Å². The van der Waals surface area contributed by atoms with Gasteiger partial charge in [-0.05, 0) is 18.9 Å². The highest BCUT2D eigenvalue weighted by Crippen LogP contribution is 2.18. The maximum atomic E-state index is 12.1. The minimum atomic E-state index is -0.826. The van der Waals surface area contributed by atoms with E-state index in [2.05, 4.69) is 5.10 Å². The molecule has 0 bridgehead atoms. The van der Waals surface area contributed by atoms with Crippen molar-refractivity contribution in [3.8, 4) is 0 Å². The average Bonchev–Trinajstić information content (AvgIpc) is 2.74. The number of carboxylic acids is 1. The van der Waals surface area contributed by atoms with Crippen LogP contribution in [0.15, 0.2) is 12.3 Å². The first-order valence-electron chi connectivity index (χ1n) is 5.59. The van der Waals surface area contributed by atoms with Gasteiger partial charge < -0.3 is 10.0 Å². The first kappa shape index (κ1) is 11.6. The molecule has 2 rings (SSSR count). The fourth-order valence-corrected chi connectivity index (χ4v) is 2.11. The molecule has 1 aromatic heterocycles. The quantitative estimate of drug-likeness (QED) is 0.805. The molecule has 1 aliphatic heterocycles. The van der Waals surface area contributed by atoms with Crippen molar-refractivity contribution in [3.05, 3.63) is 18.0 Å². The van der Waals surface area contributed by atoms with Gasteiger partial charge in [-0.25, -0.2) is 0 Å². The number of rotatable bonds is 2. The second-order valence-corrected chi connectivity index (χ2v) is 4.27. The smallest absolute Gasteiger partial charge is 0.308 e. The lowest BCUT2D eigenvalue weighted by atomic mass is 9.98. The molecule has 0 unspecified atom stereocenters. The van der Waals surface area contributed by atoms with E-state index >= 15 is 0 Å². The Labute approximate surface area is 98.8 Å². The van der Waals surface area contributed by atoms with Crippen LogP contribution < -0.4 is 0 Å². The summed E-state index contributed by atoms with van der Waals surface area (Å²) in [4.78, 5) is 24.6. The summed E-state index contributed by atoms with van der Waals surface area (Å²) < 4.78 is 1.51. The Hall–Kier alpha value is -1.85. The van der Waals surface area contributed by atoms with Gasteiger partial charge in [-0.2, -0.15) is 5.10 Å². The summed E-state index contributed by atoms with van der Waals surface area (Å²) in [6.07, 6.45) is 2.94. The largest absolute Gasteiger partial charge is 0.481 e. The maximum absolute atomic E-state index is 12.1. The minimum Gasteiger partial charge on any atom is -0.481 e. The molecular weight excluding hydrogens is 222 g/mol. The molecule has 0 spiro atoms. The van der Waals surface area contributed by atoms with E-state index in [0.717, 1.165) is 6.42 Å². The molecule has 0 aromatic carbocycles.